The summed E-state index contributed by atoms with van der Waals surface area (Å²) < 4.78 is 2.03. The number of fused-ring (bicyclic) bond motifs is 1. The molecule has 0 unspecified atom stereocenters. The van der Waals surface area contributed by atoms with Gasteiger partial charge in [0.25, 0.3) is 11.8 Å². The van der Waals surface area contributed by atoms with E-state index in [9.17, 15) is 9.59 Å². The third-order valence-electron chi connectivity index (χ3n) is 7.18. The van der Waals surface area contributed by atoms with Crippen molar-refractivity contribution in [2.24, 2.45) is 0 Å². The average molecular weight is 506 g/mol. The highest BCUT2D eigenvalue weighted by Crippen LogP contribution is 2.28. The van der Waals surface area contributed by atoms with Crippen molar-refractivity contribution in [1.82, 2.24) is 19.4 Å². The van der Waals surface area contributed by atoms with E-state index in [-0.39, 0.29) is 11.8 Å². The first-order chi connectivity index (χ1) is 17.5. The molecule has 7 nitrogen and oxygen atoms in total. The number of benzene rings is 2. The lowest BCUT2D eigenvalue weighted by Gasteiger charge is -2.35. The van der Waals surface area contributed by atoms with Crippen LogP contribution in [0.3, 0.4) is 0 Å². The molecule has 3 aromatic rings. The quantitative estimate of drug-likeness (QED) is 0.505. The van der Waals surface area contributed by atoms with E-state index in [1.54, 1.807) is 31.3 Å². The molecule has 5 rings (SSSR count). The van der Waals surface area contributed by atoms with Crippen molar-refractivity contribution >= 4 is 29.2 Å². The van der Waals surface area contributed by atoms with E-state index in [1.807, 2.05) is 15.5 Å². The maximum Gasteiger partial charge on any atom is 0.274 e. The Bertz CT molecular complexity index is 1230. The molecule has 2 aromatic carbocycles. The molecule has 8 heteroatoms. The highest BCUT2D eigenvalue weighted by molar-refractivity contribution is 6.31. The molecule has 0 spiro atoms. The number of aryl methyl sites for hydroxylation is 1. The van der Waals surface area contributed by atoms with Crippen LogP contribution in [0.15, 0.2) is 54.6 Å². The summed E-state index contributed by atoms with van der Waals surface area (Å²) in [6.07, 6.45) is 3.86. The highest BCUT2D eigenvalue weighted by Gasteiger charge is 2.33. The molecule has 0 bridgehead atoms. The number of anilines is 1. The van der Waals surface area contributed by atoms with E-state index in [4.69, 9.17) is 16.6 Å². The predicted molar refractivity (Wildman–Crippen MR) is 142 cm³/mol. The van der Waals surface area contributed by atoms with Crippen molar-refractivity contribution in [3.8, 4) is 0 Å². The van der Waals surface area contributed by atoms with Gasteiger partial charge in [-0.05, 0) is 43.0 Å². The summed E-state index contributed by atoms with van der Waals surface area (Å²) in [5.74, 6) is 1.05. The second-order valence-corrected chi connectivity index (χ2v) is 9.99. The maximum atomic E-state index is 13.8. The molecular formula is C28H32ClN5O2. The van der Waals surface area contributed by atoms with Gasteiger partial charge in [0.1, 0.15) is 5.82 Å². The summed E-state index contributed by atoms with van der Waals surface area (Å²) in [6.45, 7) is 4.74. The Hall–Kier alpha value is -3.16. The summed E-state index contributed by atoms with van der Waals surface area (Å²) in [7, 11) is 1.69. The van der Waals surface area contributed by atoms with Crippen molar-refractivity contribution < 1.29 is 9.59 Å². The number of hydrogen-bond donors (Lipinski definition) is 0. The van der Waals surface area contributed by atoms with Crippen LogP contribution in [0.4, 0.5) is 5.82 Å². The van der Waals surface area contributed by atoms with E-state index in [2.05, 4.69) is 29.2 Å². The zero-order valence-corrected chi connectivity index (χ0v) is 21.5. The normalized spacial score (nSPS) is 16.0. The van der Waals surface area contributed by atoms with Crippen molar-refractivity contribution in [3.63, 3.8) is 0 Å². The highest BCUT2D eigenvalue weighted by atomic mass is 35.5. The minimum absolute atomic E-state index is 0.0425. The van der Waals surface area contributed by atoms with Gasteiger partial charge in [-0.3, -0.25) is 19.4 Å². The largest absolute Gasteiger partial charge is 0.335 e. The molecule has 36 heavy (non-hydrogen) atoms. The van der Waals surface area contributed by atoms with Gasteiger partial charge in [0, 0.05) is 63.3 Å². The first kappa shape index (κ1) is 24.5. The molecule has 1 fully saturated rings. The predicted octanol–water partition coefficient (Wildman–Crippen LogP) is 4.15. The fraction of sp³-hybridized carbons (Fsp3) is 0.393. The van der Waals surface area contributed by atoms with Gasteiger partial charge in [-0.15, -0.1) is 0 Å². The van der Waals surface area contributed by atoms with E-state index in [0.717, 1.165) is 57.7 Å². The van der Waals surface area contributed by atoms with Crippen LogP contribution < -0.4 is 4.90 Å². The van der Waals surface area contributed by atoms with Gasteiger partial charge in [-0.2, -0.15) is 0 Å². The number of imidazole rings is 1. The minimum atomic E-state index is -0.229. The Labute approximate surface area is 217 Å². The summed E-state index contributed by atoms with van der Waals surface area (Å²) >= 11 is 6.12. The zero-order valence-electron chi connectivity index (χ0n) is 20.7. The summed E-state index contributed by atoms with van der Waals surface area (Å²) in [5, 5.41) is 0.500. The minimum Gasteiger partial charge on any atom is -0.335 e. The second kappa shape index (κ2) is 10.8. The van der Waals surface area contributed by atoms with Crippen LogP contribution in [0.25, 0.3) is 0 Å². The van der Waals surface area contributed by atoms with Gasteiger partial charge < -0.3 is 9.47 Å². The second-order valence-electron chi connectivity index (χ2n) is 9.55. The Morgan fingerprint density at radius 3 is 2.50 bits per heavy atom. The van der Waals surface area contributed by atoms with Crippen molar-refractivity contribution in [2.75, 3.05) is 44.7 Å². The molecular weight excluding hydrogens is 474 g/mol. The third kappa shape index (κ3) is 5.18. The number of rotatable bonds is 6. The van der Waals surface area contributed by atoms with E-state index >= 15 is 0 Å². The SMILES string of the molecule is CN(C(=O)c1cccc(Cl)c1)c1nc2n(c1C(=O)N1CCN(CCc3ccccc3)CC1)CCCC2. The molecule has 0 atom stereocenters. The van der Waals surface area contributed by atoms with Crippen LogP contribution in [0.2, 0.25) is 5.02 Å². The average Bonchev–Trinajstić information content (AvgIpc) is 3.31. The lowest BCUT2D eigenvalue weighted by Crippen LogP contribution is -2.49. The van der Waals surface area contributed by atoms with Crippen LogP contribution in [-0.2, 0) is 19.4 Å². The first-order valence-corrected chi connectivity index (χ1v) is 13.1. The Morgan fingerprint density at radius 2 is 1.75 bits per heavy atom. The standard InChI is InChI=1S/C28H32ClN5O2/c1-31(27(35)22-10-7-11-23(29)20-22)26-25(34-14-6-5-12-24(34)30-26)28(36)33-18-16-32(17-19-33)15-13-21-8-3-2-4-9-21/h2-4,7-11,20H,5-6,12-19H2,1H3. The molecule has 1 aromatic heterocycles. The Kier molecular flexibility index (Phi) is 7.39. The van der Waals surface area contributed by atoms with Crippen LogP contribution in [0.5, 0.6) is 0 Å². The summed E-state index contributed by atoms with van der Waals surface area (Å²) in [4.78, 5) is 37.7. The van der Waals surface area contributed by atoms with Crippen LogP contribution >= 0.6 is 11.6 Å². The van der Waals surface area contributed by atoms with Crippen molar-refractivity contribution in [1.29, 1.82) is 0 Å². The molecule has 188 valence electrons. The van der Waals surface area contributed by atoms with Gasteiger partial charge in [-0.25, -0.2) is 4.98 Å². The maximum absolute atomic E-state index is 13.8. The number of hydrogen-bond acceptors (Lipinski definition) is 4. The Morgan fingerprint density at radius 1 is 0.972 bits per heavy atom. The zero-order chi connectivity index (χ0) is 25.1. The van der Waals surface area contributed by atoms with Crippen molar-refractivity contribution in [2.45, 2.75) is 32.2 Å². The summed E-state index contributed by atoms with van der Waals surface area (Å²) in [6, 6.07) is 17.4. The van der Waals surface area contributed by atoms with Crippen LogP contribution in [0.1, 0.15) is 45.1 Å². The lowest BCUT2D eigenvalue weighted by atomic mass is 10.1. The van der Waals surface area contributed by atoms with E-state index in [0.29, 0.717) is 35.2 Å². The monoisotopic (exact) mass is 505 g/mol. The Balaban J connectivity index is 1.32. The first-order valence-electron chi connectivity index (χ1n) is 12.7. The van der Waals surface area contributed by atoms with Crippen molar-refractivity contribution in [3.05, 3.63) is 82.3 Å². The fourth-order valence-electron chi connectivity index (χ4n) is 5.08. The molecule has 2 amide bonds. The van der Waals surface area contributed by atoms with Gasteiger partial charge in [0.2, 0.25) is 0 Å². The van der Waals surface area contributed by atoms with Gasteiger partial charge >= 0.3 is 0 Å². The van der Waals surface area contributed by atoms with Gasteiger partial charge in [0.05, 0.1) is 0 Å². The molecule has 0 N–H and O–H groups in total. The molecule has 0 saturated carbocycles. The van der Waals surface area contributed by atoms with Gasteiger partial charge in [0.15, 0.2) is 11.5 Å². The molecule has 0 radical (unpaired) electrons. The third-order valence-corrected chi connectivity index (χ3v) is 7.41. The molecule has 3 heterocycles. The smallest absolute Gasteiger partial charge is 0.274 e. The number of carbonyl (C=O) groups excluding carboxylic acids is 2. The summed E-state index contributed by atoms with van der Waals surface area (Å²) in [5.41, 5.74) is 2.33. The van der Waals surface area contributed by atoms with Crippen LogP contribution in [-0.4, -0.2) is 70.9 Å². The van der Waals surface area contributed by atoms with Gasteiger partial charge in [-0.1, -0.05) is 48.0 Å². The van der Waals surface area contributed by atoms with E-state index < -0.39 is 0 Å². The number of carbonyl (C=O) groups is 2. The molecule has 1 saturated heterocycles. The fourth-order valence-corrected chi connectivity index (χ4v) is 5.27. The van der Waals surface area contributed by atoms with Crippen LogP contribution in [0, 0.1) is 0 Å². The lowest BCUT2D eigenvalue weighted by molar-refractivity contribution is 0.0627. The number of piperazine rings is 1. The molecule has 2 aliphatic heterocycles. The van der Waals surface area contributed by atoms with E-state index in [1.165, 1.54) is 10.5 Å². The number of amides is 2. The molecule has 2 aliphatic rings. The molecule has 0 aliphatic carbocycles. The number of aromatic nitrogens is 2. The number of nitrogens with zero attached hydrogens (tertiary/aromatic N) is 5. The number of halogens is 1. The topological polar surface area (TPSA) is 61.7 Å².